The zero-order valence-corrected chi connectivity index (χ0v) is 17.1. The Balaban J connectivity index is 1.59. The number of piperidine rings is 1. The fourth-order valence-electron chi connectivity index (χ4n) is 4.14. The third-order valence-electron chi connectivity index (χ3n) is 5.76. The van der Waals surface area contributed by atoms with Crippen molar-refractivity contribution in [2.45, 2.75) is 45.4 Å². The highest BCUT2D eigenvalue weighted by Gasteiger charge is 2.31. The van der Waals surface area contributed by atoms with Gasteiger partial charge in [-0.1, -0.05) is 12.8 Å². The van der Waals surface area contributed by atoms with Crippen molar-refractivity contribution in [2.75, 3.05) is 39.9 Å². The predicted molar refractivity (Wildman–Crippen MR) is 108 cm³/mol. The Morgan fingerprint density at radius 1 is 0.964 bits per heavy atom. The fourth-order valence-corrected chi connectivity index (χ4v) is 4.14. The van der Waals surface area contributed by atoms with Crippen molar-refractivity contribution in [1.29, 1.82) is 0 Å². The monoisotopic (exact) mass is 388 g/mol. The van der Waals surface area contributed by atoms with Gasteiger partial charge < -0.3 is 19.3 Å². The van der Waals surface area contributed by atoms with Gasteiger partial charge in [0.1, 0.15) is 0 Å². The summed E-state index contributed by atoms with van der Waals surface area (Å²) in [6.07, 6.45) is 6.17. The van der Waals surface area contributed by atoms with Gasteiger partial charge in [0.15, 0.2) is 11.5 Å². The van der Waals surface area contributed by atoms with Crippen LogP contribution in [0.3, 0.4) is 0 Å². The third kappa shape index (κ3) is 4.78. The minimum Gasteiger partial charge on any atom is -0.493 e. The predicted octanol–water partition coefficient (Wildman–Crippen LogP) is 3.35. The lowest BCUT2D eigenvalue weighted by atomic mass is 9.94. The third-order valence-corrected chi connectivity index (χ3v) is 5.76. The molecule has 0 aliphatic carbocycles. The highest BCUT2D eigenvalue weighted by molar-refractivity contribution is 5.95. The van der Waals surface area contributed by atoms with Crippen LogP contribution < -0.4 is 9.47 Å². The second-order valence-electron chi connectivity index (χ2n) is 7.60. The lowest BCUT2D eigenvalue weighted by Gasteiger charge is -2.34. The quantitative estimate of drug-likeness (QED) is 0.776. The number of nitrogens with zero attached hydrogens (tertiary/aromatic N) is 2. The smallest absolute Gasteiger partial charge is 0.253 e. The van der Waals surface area contributed by atoms with E-state index in [-0.39, 0.29) is 17.7 Å². The summed E-state index contributed by atoms with van der Waals surface area (Å²) in [5.41, 5.74) is 0.599. The molecule has 0 radical (unpaired) electrons. The summed E-state index contributed by atoms with van der Waals surface area (Å²) in [6, 6.07) is 5.30. The van der Waals surface area contributed by atoms with E-state index >= 15 is 0 Å². The van der Waals surface area contributed by atoms with Crippen LogP contribution in [-0.4, -0.2) is 61.5 Å². The topological polar surface area (TPSA) is 59.1 Å². The summed E-state index contributed by atoms with van der Waals surface area (Å²) in [7, 11) is 1.59. The standard InChI is InChI=1S/C22H32N2O4/c1-3-28-20-16-18(8-9-19(20)27-2)22(26)24-14-10-17(11-15-24)21(25)23-12-6-4-5-7-13-23/h8-9,16-17H,3-7,10-15H2,1-2H3. The molecule has 28 heavy (non-hydrogen) atoms. The first-order valence-corrected chi connectivity index (χ1v) is 10.5. The molecule has 6 heteroatoms. The zero-order valence-electron chi connectivity index (χ0n) is 17.1. The van der Waals surface area contributed by atoms with E-state index in [0.29, 0.717) is 36.8 Å². The maximum absolute atomic E-state index is 12.9. The molecule has 1 aromatic carbocycles. The van der Waals surface area contributed by atoms with Crippen molar-refractivity contribution in [3.05, 3.63) is 23.8 Å². The Hall–Kier alpha value is -2.24. The van der Waals surface area contributed by atoms with Crippen LogP contribution >= 0.6 is 0 Å². The molecule has 2 aliphatic heterocycles. The molecule has 0 N–H and O–H groups in total. The molecular weight excluding hydrogens is 356 g/mol. The lowest BCUT2D eigenvalue weighted by molar-refractivity contribution is -0.136. The van der Waals surface area contributed by atoms with Gasteiger partial charge in [-0.05, 0) is 50.8 Å². The van der Waals surface area contributed by atoms with Gasteiger partial charge in [-0.3, -0.25) is 9.59 Å². The number of benzene rings is 1. The van der Waals surface area contributed by atoms with E-state index in [1.807, 2.05) is 16.7 Å². The summed E-state index contributed by atoms with van der Waals surface area (Å²) in [6.45, 7) is 5.45. The summed E-state index contributed by atoms with van der Waals surface area (Å²) in [4.78, 5) is 29.6. The fraction of sp³-hybridized carbons (Fsp3) is 0.636. The maximum Gasteiger partial charge on any atom is 0.253 e. The average molecular weight is 389 g/mol. The zero-order chi connectivity index (χ0) is 19.9. The molecule has 2 aliphatic rings. The van der Waals surface area contributed by atoms with Gasteiger partial charge in [-0.2, -0.15) is 0 Å². The maximum atomic E-state index is 12.9. The first-order chi connectivity index (χ1) is 13.6. The SMILES string of the molecule is CCOc1cc(C(=O)N2CCC(C(=O)N3CCCCCC3)CC2)ccc1OC. The van der Waals surface area contributed by atoms with Gasteiger partial charge in [0.25, 0.3) is 5.91 Å². The number of amides is 2. The molecule has 154 valence electrons. The van der Waals surface area contributed by atoms with Crippen LogP contribution in [0.5, 0.6) is 11.5 Å². The molecular formula is C22H32N2O4. The van der Waals surface area contributed by atoms with E-state index < -0.39 is 0 Å². The van der Waals surface area contributed by atoms with Crippen LogP contribution in [-0.2, 0) is 4.79 Å². The Morgan fingerprint density at radius 3 is 2.25 bits per heavy atom. The van der Waals surface area contributed by atoms with E-state index in [4.69, 9.17) is 9.47 Å². The lowest BCUT2D eigenvalue weighted by Crippen LogP contribution is -2.44. The number of methoxy groups -OCH3 is 1. The Bertz CT molecular complexity index is 675. The van der Waals surface area contributed by atoms with Gasteiger partial charge >= 0.3 is 0 Å². The molecule has 0 spiro atoms. The highest BCUT2D eigenvalue weighted by Crippen LogP contribution is 2.29. The molecule has 2 saturated heterocycles. The minimum atomic E-state index is -0.00993. The van der Waals surface area contributed by atoms with Gasteiger partial charge in [0.05, 0.1) is 13.7 Å². The number of likely N-dealkylation sites (tertiary alicyclic amines) is 2. The summed E-state index contributed by atoms with van der Waals surface area (Å²) >= 11 is 0. The minimum absolute atomic E-state index is 0.00993. The largest absolute Gasteiger partial charge is 0.493 e. The summed E-state index contributed by atoms with van der Waals surface area (Å²) < 4.78 is 10.9. The molecule has 0 aromatic heterocycles. The Kier molecular flexibility index (Phi) is 7.18. The van der Waals surface area contributed by atoms with Crippen LogP contribution in [0.4, 0.5) is 0 Å². The van der Waals surface area contributed by atoms with Crippen LogP contribution in [0.1, 0.15) is 55.8 Å². The molecule has 2 fully saturated rings. The summed E-state index contributed by atoms with van der Waals surface area (Å²) in [5, 5.41) is 0. The number of carbonyl (C=O) groups excluding carboxylic acids is 2. The van der Waals surface area contributed by atoms with Crippen LogP contribution in [0.2, 0.25) is 0 Å². The number of hydrogen-bond acceptors (Lipinski definition) is 4. The Morgan fingerprint density at radius 2 is 1.64 bits per heavy atom. The average Bonchev–Trinajstić information content (AvgIpc) is 3.02. The van der Waals surface area contributed by atoms with E-state index in [2.05, 4.69) is 0 Å². The highest BCUT2D eigenvalue weighted by atomic mass is 16.5. The first-order valence-electron chi connectivity index (χ1n) is 10.5. The van der Waals surface area contributed by atoms with Crippen molar-refractivity contribution < 1.29 is 19.1 Å². The van der Waals surface area contributed by atoms with Crippen molar-refractivity contribution in [2.24, 2.45) is 5.92 Å². The molecule has 0 atom stereocenters. The molecule has 0 saturated carbocycles. The first kappa shape index (κ1) is 20.5. The molecule has 0 bridgehead atoms. The number of carbonyl (C=O) groups is 2. The second kappa shape index (κ2) is 9.80. The normalized spacial score (nSPS) is 18.5. The van der Waals surface area contributed by atoms with Gasteiger partial charge in [0.2, 0.25) is 5.91 Å². The van der Waals surface area contributed by atoms with E-state index in [0.717, 1.165) is 38.8 Å². The molecule has 3 rings (SSSR count). The van der Waals surface area contributed by atoms with Crippen molar-refractivity contribution in [3.63, 3.8) is 0 Å². The van der Waals surface area contributed by atoms with E-state index in [1.54, 1.807) is 25.3 Å². The van der Waals surface area contributed by atoms with Gasteiger partial charge in [0, 0.05) is 37.7 Å². The number of hydrogen-bond donors (Lipinski definition) is 0. The molecule has 6 nitrogen and oxygen atoms in total. The van der Waals surface area contributed by atoms with Crippen LogP contribution in [0.15, 0.2) is 18.2 Å². The van der Waals surface area contributed by atoms with Gasteiger partial charge in [-0.25, -0.2) is 0 Å². The van der Waals surface area contributed by atoms with E-state index in [9.17, 15) is 9.59 Å². The molecule has 2 amide bonds. The Labute approximate surface area is 167 Å². The summed E-state index contributed by atoms with van der Waals surface area (Å²) in [5.74, 6) is 1.54. The van der Waals surface area contributed by atoms with Crippen molar-refractivity contribution in [1.82, 2.24) is 9.80 Å². The molecule has 2 heterocycles. The molecule has 1 aromatic rings. The van der Waals surface area contributed by atoms with Crippen molar-refractivity contribution in [3.8, 4) is 11.5 Å². The van der Waals surface area contributed by atoms with Crippen LogP contribution in [0.25, 0.3) is 0 Å². The number of rotatable bonds is 5. The number of ether oxygens (including phenoxy) is 2. The van der Waals surface area contributed by atoms with E-state index in [1.165, 1.54) is 12.8 Å². The second-order valence-corrected chi connectivity index (χ2v) is 7.60. The van der Waals surface area contributed by atoms with Crippen LogP contribution in [0, 0.1) is 5.92 Å². The molecule has 0 unspecified atom stereocenters. The van der Waals surface area contributed by atoms with Crippen molar-refractivity contribution >= 4 is 11.8 Å². The van der Waals surface area contributed by atoms with Gasteiger partial charge in [-0.15, -0.1) is 0 Å².